The van der Waals surface area contributed by atoms with Crippen molar-refractivity contribution in [2.24, 2.45) is 5.92 Å². The number of carboxylic acids is 1. The van der Waals surface area contributed by atoms with E-state index in [1.165, 1.54) is 5.56 Å². The summed E-state index contributed by atoms with van der Waals surface area (Å²) >= 11 is 0. The average molecular weight is 384 g/mol. The van der Waals surface area contributed by atoms with Gasteiger partial charge in [0.05, 0.1) is 5.92 Å². The van der Waals surface area contributed by atoms with E-state index in [0.29, 0.717) is 43.1 Å². The molecular formula is C20H28N6O2. The Labute approximate surface area is 165 Å². The van der Waals surface area contributed by atoms with E-state index in [1.54, 1.807) is 7.05 Å². The Kier molecular flexibility index (Phi) is 6.62. The lowest BCUT2D eigenvalue weighted by Gasteiger charge is -2.26. The number of nitrogens with zero attached hydrogens (tertiary/aromatic N) is 3. The molecule has 1 fully saturated rings. The normalized spacial score (nSPS) is 20.2. The molecule has 0 spiro atoms. The zero-order valence-electron chi connectivity index (χ0n) is 16.4. The standard InChI is InChI=1S/C20H28N6O2/c1-13(14-6-4-3-5-7-14)12-22-19-24-18(21-2)25-20(26-19)23-16-10-8-15(9-11-16)17(27)28/h3-7,13,15-16H,8-12H2,1-2H3,(H,27,28)(H3,21,22,23,24,25,26). The quantitative estimate of drug-likeness (QED) is 0.549. The molecule has 1 aromatic carbocycles. The Morgan fingerprint density at radius 1 is 1.07 bits per heavy atom. The van der Waals surface area contributed by atoms with Crippen LogP contribution in [0.3, 0.4) is 0 Å². The van der Waals surface area contributed by atoms with Crippen LogP contribution < -0.4 is 16.0 Å². The molecule has 1 aromatic heterocycles. The van der Waals surface area contributed by atoms with Crippen LogP contribution in [0, 0.1) is 5.92 Å². The van der Waals surface area contributed by atoms with Gasteiger partial charge in [0.15, 0.2) is 0 Å². The topological polar surface area (TPSA) is 112 Å². The summed E-state index contributed by atoms with van der Waals surface area (Å²) in [4.78, 5) is 24.4. The summed E-state index contributed by atoms with van der Waals surface area (Å²) < 4.78 is 0. The number of benzene rings is 1. The lowest BCUT2D eigenvalue weighted by molar-refractivity contribution is -0.142. The third-order valence-corrected chi connectivity index (χ3v) is 5.20. The Morgan fingerprint density at radius 3 is 2.36 bits per heavy atom. The largest absolute Gasteiger partial charge is 0.481 e. The van der Waals surface area contributed by atoms with Gasteiger partial charge in [0.2, 0.25) is 17.8 Å². The molecule has 1 unspecified atom stereocenters. The van der Waals surface area contributed by atoms with Gasteiger partial charge in [0, 0.05) is 19.6 Å². The molecule has 4 N–H and O–H groups in total. The summed E-state index contributed by atoms with van der Waals surface area (Å²) in [5.74, 6) is 0.901. The molecule has 3 rings (SSSR count). The minimum atomic E-state index is -0.699. The molecular weight excluding hydrogens is 356 g/mol. The first-order valence-electron chi connectivity index (χ1n) is 9.77. The Morgan fingerprint density at radius 2 is 1.71 bits per heavy atom. The summed E-state index contributed by atoms with van der Waals surface area (Å²) in [7, 11) is 1.77. The third kappa shape index (κ3) is 5.31. The number of aliphatic carboxylic acids is 1. The first-order valence-corrected chi connectivity index (χ1v) is 9.77. The second-order valence-electron chi connectivity index (χ2n) is 7.28. The van der Waals surface area contributed by atoms with Crippen molar-refractivity contribution in [1.29, 1.82) is 0 Å². The molecule has 1 saturated carbocycles. The van der Waals surface area contributed by atoms with Crippen molar-refractivity contribution in [3.8, 4) is 0 Å². The van der Waals surface area contributed by atoms with Crippen molar-refractivity contribution >= 4 is 23.8 Å². The molecule has 0 amide bonds. The predicted octanol–water partition coefficient (Wildman–Crippen LogP) is 3.18. The van der Waals surface area contributed by atoms with Crippen molar-refractivity contribution in [2.75, 3.05) is 29.5 Å². The lowest BCUT2D eigenvalue weighted by atomic mass is 9.86. The van der Waals surface area contributed by atoms with Crippen molar-refractivity contribution in [3.63, 3.8) is 0 Å². The van der Waals surface area contributed by atoms with Crippen LogP contribution in [-0.2, 0) is 4.79 Å². The minimum Gasteiger partial charge on any atom is -0.481 e. The van der Waals surface area contributed by atoms with Gasteiger partial charge >= 0.3 is 5.97 Å². The van der Waals surface area contributed by atoms with Gasteiger partial charge in [0.25, 0.3) is 0 Å². The highest BCUT2D eigenvalue weighted by atomic mass is 16.4. The van der Waals surface area contributed by atoms with Crippen LogP contribution in [0.1, 0.15) is 44.1 Å². The van der Waals surface area contributed by atoms with E-state index in [0.717, 1.165) is 12.8 Å². The highest BCUT2D eigenvalue weighted by Crippen LogP contribution is 2.26. The van der Waals surface area contributed by atoms with Crippen LogP contribution in [-0.4, -0.2) is 45.7 Å². The molecule has 150 valence electrons. The first kappa shape index (κ1) is 19.9. The molecule has 1 aliphatic rings. The molecule has 1 aliphatic carbocycles. The van der Waals surface area contributed by atoms with Crippen molar-refractivity contribution in [3.05, 3.63) is 35.9 Å². The van der Waals surface area contributed by atoms with Gasteiger partial charge in [-0.1, -0.05) is 37.3 Å². The highest BCUT2D eigenvalue weighted by Gasteiger charge is 2.26. The fourth-order valence-corrected chi connectivity index (χ4v) is 3.44. The molecule has 1 atom stereocenters. The Hall–Kier alpha value is -2.90. The molecule has 0 saturated heterocycles. The highest BCUT2D eigenvalue weighted by molar-refractivity contribution is 5.70. The van der Waals surface area contributed by atoms with Crippen LogP contribution in [0.4, 0.5) is 17.8 Å². The van der Waals surface area contributed by atoms with Gasteiger partial charge in [-0.25, -0.2) is 0 Å². The molecule has 8 heteroatoms. The minimum absolute atomic E-state index is 0.179. The fraction of sp³-hybridized carbons (Fsp3) is 0.500. The second-order valence-corrected chi connectivity index (χ2v) is 7.28. The van der Waals surface area contributed by atoms with Crippen LogP contribution in [0.25, 0.3) is 0 Å². The molecule has 28 heavy (non-hydrogen) atoms. The zero-order valence-corrected chi connectivity index (χ0v) is 16.4. The smallest absolute Gasteiger partial charge is 0.306 e. The number of carboxylic acid groups (broad SMARTS) is 1. The van der Waals surface area contributed by atoms with E-state index in [2.05, 4.69) is 50.0 Å². The predicted molar refractivity (Wildman–Crippen MR) is 110 cm³/mol. The van der Waals surface area contributed by atoms with Gasteiger partial charge < -0.3 is 21.1 Å². The molecule has 0 bridgehead atoms. The number of carbonyl (C=O) groups is 1. The second kappa shape index (κ2) is 9.34. The van der Waals surface area contributed by atoms with Crippen LogP contribution in [0.15, 0.2) is 30.3 Å². The van der Waals surface area contributed by atoms with Gasteiger partial charge in [0.1, 0.15) is 0 Å². The number of hydrogen-bond acceptors (Lipinski definition) is 7. The Balaban J connectivity index is 1.61. The fourth-order valence-electron chi connectivity index (χ4n) is 3.44. The summed E-state index contributed by atoms with van der Waals surface area (Å²) in [5.41, 5.74) is 1.26. The number of anilines is 3. The number of hydrogen-bond donors (Lipinski definition) is 4. The van der Waals surface area contributed by atoms with E-state index in [4.69, 9.17) is 5.11 Å². The number of rotatable bonds is 8. The first-order chi connectivity index (χ1) is 13.5. The van der Waals surface area contributed by atoms with E-state index in [1.807, 2.05) is 18.2 Å². The molecule has 0 radical (unpaired) electrons. The van der Waals surface area contributed by atoms with E-state index in [9.17, 15) is 4.79 Å². The third-order valence-electron chi connectivity index (χ3n) is 5.20. The van der Waals surface area contributed by atoms with Crippen LogP contribution in [0.5, 0.6) is 0 Å². The Bertz CT molecular complexity index is 778. The maximum atomic E-state index is 11.1. The maximum absolute atomic E-state index is 11.1. The molecule has 2 aromatic rings. The van der Waals surface area contributed by atoms with E-state index >= 15 is 0 Å². The van der Waals surface area contributed by atoms with Crippen molar-refractivity contribution < 1.29 is 9.90 Å². The lowest BCUT2D eigenvalue weighted by Crippen LogP contribution is -2.30. The summed E-state index contributed by atoms with van der Waals surface area (Å²) in [6.07, 6.45) is 2.95. The van der Waals surface area contributed by atoms with Gasteiger partial charge in [-0.3, -0.25) is 4.79 Å². The van der Waals surface area contributed by atoms with E-state index < -0.39 is 5.97 Å². The van der Waals surface area contributed by atoms with E-state index in [-0.39, 0.29) is 12.0 Å². The monoisotopic (exact) mass is 384 g/mol. The number of nitrogens with one attached hydrogen (secondary N) is 3. The van der Waals surface area contributed by atoms with Gasteiger partial charge in [-0.15, -0.1) is 0 Å². The molecule has 1 heterocycles. The maximum Gasteiger partial charge on any atom is 0.306 e. The summed E-state index contributed by atoms with van der Waals surface area (Å²) in [5, 5.41) is 18.7. The average Bonchev–Trinajstić information content (AvgIpc) is 2.73. The van der Waals surface area contributed by atoms with Crippen LogP contribution >= 0.6 is 0 Å². The zero-order chi connectivity index (χ0) is 19.9. The summed E-state index contributed by atoms with van der Waals surface area (Å²) in [6, 6.07) is 10.5. The SMILES string of the molecule is CNc1nc(NCC(C)c2ccccc2)nc(NC2CCC(C(=O)O)CC2)n1. The molecule has 8 nitrogen and oxygen atoms in total. The van der Waals surface area contributed by atoms with Gasteiger partial charge in [-0.05, 0) is 37.2 Å². The summed E-state index contributed by atoms with van der Waals surface area (Å²) in [6.45, 7) is 2.86. The number of aromatic nitrogens is 3. The van der Waals surface area contributed by atoms with Crippen molar-refractivity contribution in [1.82, 2.24) is 15.0 Å². The van der Waals surface area contributed by atoms with Gasteiger partial charge in [-0.2, -0.15) is 15.0 Å². The van der Waals surface area contributed by atoms with Crippen molar-refractivity contribution in [2.45, 2.75) is 44.6 Å². The van der Waals surface area contributed by atoms with Crippen LogP contribution in [0.2, 0.25) is 0 Å². The molecule has 0 aliphatic heterocycles.